The molecule has 1 aromatic carbocycles. The minimum Gasteiger partial charge on any atom is -0.391 e. The van der Waals surface area contributed by atoms with Crippen molar-refractivity contribution in [3.63, 3.8) is 0 Å². The van der Waals surface area contributed by atoms with E-state index in [9.17, 15) is 20.0 Å². The van der Waals surface area contributed by atoms with Gasteiger partial charge >= 0.3 is 0 Å². The summed E-state index contributed by atoms with van der Waals surface area (Å²) in [6.45, 7) is 3.97. The van der Waals surface area contributed by atoms with E-state index in [1.165, 1.54) is 18.2 Å². The lowest BCUT2D eigenvalue weighted by Gasteiger charge is -2.17. The molecule has 20 heavy (non-hydrogen) atoms. The second-order valence-electron chi connectivity index (χ2n) is 4.59. The molecule has 0 fully saturated rings. The number of rotatable bonds is 6. The highest BCUT2D eigenvalue weighted by Gasteiger charge is 2.17. The maximum absolute atomic E-state index is 11.8. The molecule has 0 unspecified atom stereocenters. The van der Waals surface area contributed by atoms with Gasteiger partial charge in [-0.2, -0.15) is 0 Å². The van der Waals surface area contributed by atoms with Crippen molar-refractivity contribution in [1.82, 2.24) is 5.32 Å². The molecule has 0 spiro atoms. The maximum Gasteiger partial charge on any atom is 0.287 e. The van der Waals surface area contributed by atoms with Gasteiger partial charge in [0.05, 0.1) is 11.0 Å². The molecular weight excluding hydrogens is 284 g/mol. The van der Waals surface area contributed by atoms with Gasteiger partial charge in [-0.15, -0.1) is 0 Å². The molecule has 0 heterocycles. The molecule has 1 amide bonds. The third kappa shape index (κ3) is 4.18. The summed E-state index contributed by atoms with van der Waals surface area (Å²) in [4.78, 5) is 21.8. The van der Waals surface area contributed by atoms with Crippen molar-refractivity contribution in [1.29, 1.82) is 0 Å². The zero-order valence-corrected chi connectivity index (χ0v) is 12.1. The molecule has 0 bridgehead atoms. The number of nitrogens with one attached hydrogen (secondary N) is 1. The number of hydrogen-bond donors (Lipinski definition) is 2. The van der Waals surface area contributed by atoms with E-state index in [1.54, 1.807) is 0 Å². The smallest absolute Gasteiger partial charge is 0.287 e. The van der Waals surface area contributed by atoms with Gasteiger partial charge < -0.3 is 10.4 Å². The molecule has 0 saturated carbocycles. The second-order valence-corrected chi connectivity index (χ2v) is 4.99. The van der Waals surface area contributed by atoms with Gasteiger partial charge in [-0.3, -0.25) is 14.9 Å². The zero-order valence-electron chi connectivity index (χ0n) is 11.3. The summed E-state index contributed by atoms with van der Waals surface area (Å²) in [5.74, 6) is -0.347. The van der Waals surface area contributed by atoms with Crippen molar-refractivity contribution in [2.75, 3.05) is 6.54 Å². The Labute approximate surface area is 121 Å². The SMILES string of the molecule is CC[C@H](C)[C@@H](O)CNC(=O)c1ccc([N+](=O)[O-])c(Cl)c1. The first-order valence-corrected chi connectivity index (χ1v) is 6.64. The number of aliphatic hydroxyl groups excluding tert-OH is 1. The van der Waals surface area contributed by atoms with Crippen LogP contribution in [0.2, 0.25) is 5.02 Å². The minimum absolute atomic E-state index is 0.0794. The van der Waals surface area contributed by atoms with Crippen molar-refractivity contribution in [2.24, 2.45) is 5.92 Å². The number of halogens is 1. The molecule has 110 valence electrons. The average Bonchev–Trinajstić information content (AvgIpc) is 2.42. The number of nitrogens with zero attached hydrogens (tertiary/aromatic N) is 1. The molecule has 0 saturated heterocycles. The van der Waals surface area contributed by atoms with Gasteiger partial charge in [-0.25, -0.2) is 0 Å². The van der Waals surface area contributed by atoms with E-state index in [-0.39, 0.29) is 28.7 Å². The Morgan fingerprint density at radius 1 is 1.55 bits per heavy atom. The lowest BCUT2D eigenvalue weighted by Crippen LogP contribution is -2.35. The standard InChI is InChI=1S/C13H17ClN2O4/c1-3-8(2)12(17)7-15-13(18)9-4-5-11(16(19)20)10(14)6-9/h4-6,8,12,17H,3,7H2,1-2H3,(H,15,18)/t8-,12-/m0/s1. The van der Waals surface area contributed by atoms with Crippen LogP contribution in [0.5, 0.6) is 0 Å². The molecule has 7 heteroatoms. The highest BCUT2D eigenvalue weighted by atomic mass is 35.5. The first-order valence-electron chi connectivity index (χ1n) is 6.27. The minimum atomic E-state index is -0.627. The zero-order chi connectivity index (χ0) is 15.3. The van der Waals surface area contributed by atoms with Gasteiger partial charge in [0.2, 0.25) is 0 Å². The molecule has 6 nitrogen and oxygen atoms in total. The maximum atomic E-state index is 11.8. The number of amides is 1. The summed E-state index contributed by atoms with van der Waals surface area (Å²) in [5.41, 5.74) is -0.0280. The quantitative estimate of drug-likeness (QED) is 0.623. The molecule has 0 aliphatic heterocycles. The number of aliphatic hydroxyl groups is 1. The van der Waals surface area contributed by atoms with Gasteiger partial charge in [0.15, 0.2) is 0 Å². The third-order valence-electron chi connectivity index (χ3n) is 3.18. The van der Waals surface area contributed by atoms with Crippen molar-refractivity contribution >= 4 is 23.2 Å². The summed E-state index contributed by atoms with van der Waals surface area (Å²) in [5, 5.41) is 22.8. The van der Waals surface area contributed by atoms with Crippen LogP contribution in [0, 0.1) is 16.0 Å². The van der Waals surface area contributed by atoms with Crippen molar-refractivity contribution < 1.29 is 14.8 Å². The van der Waals surface area contributed by atoms with Gasteiger partial charge in [0, 0.05) is 18.2 Å². The van der Waals surface area contributed by atoms with Crippen LogP contribution in [-0.2, 0) is 0 Å². The Bertz CT molecular complexity index is 507. The fraction of sp³-hybridized carbons (Fsp3) is 0.462. The predicted octanol–water partition coefficient (Wildman–Crippen LogP) is 2.39. The van der Waals surface area contributed by atoms with E-state index in [0.717, 1.165) is 6.42 Å². The van der Waals surface area contributed by atoms with Gasteiger partial charge in [0.1, 0.15) is 5.02 Å². The summed E-state index contributed by atoms with van der Waals surface area (Å²) in [7, 11) is 0. The highest BCUT2D eigenvalue weighted by Crippen LogP contribution is 2.24. The van der Waals surface area contributed by atoms with E-state index < -0.39 is 16.9 Å². The van der Waals surface area contributed by atoms with Crippen LogP contribution in [0.3, 0.4) is 0 Å². The third-order valence-corrected chi connectivity index (χ3v) is 3.48. The lowest BCUT2D eigenvalue weighted by atomic mass is 10.0. The normalized spacial score (nSPS) is 13.6. The molecule has 0 radical (unpaired) electrons. The Morgan fingerprint density at radius 2 is 2.20 bits per heavy atom. The first kappa shape index (κ1) is 16.4. The first-order chi connectivity index (χ1) is 9.36. The van der Waals surface area contributed by atoms with Crippen LogP contribution in [0.4, 0.5) is 5.69 Å². The van der Waals surface area contributed by atoms with Crippen LogP contribution in [0.15, 0.2) is 18.2 Å². The van der Waals surface area contributed by atoms with E-state index in [1.807, 2.05) is 13.8 Å². The molecule has 0 aliphatic rings. The molecule has 0 aromatic heterocycles. The fourth-order valence-electron chi connectivity index (χ4n) is 1.57. The van der Waals surface area contributed by atoms with Gasteiger partial charge in [0.25, 0.3) is 11.6 Å². The molecular formula is C13H17ClN2O4. The van der Waals surface area contributed by atoms with Crippen molar-refractivity contribution in [3.8, 4) is 0 Å². The summed E-state index contributed by atoms with van der Waals surface area (Å²) in [6.07, 6.45) is 0.179. The number of hydrogen-bond acceptors (Lipinski definition) is 4. The Morgan fingerprint density at radius 3 is 2.70 bits per heavy atom. The number of carbonyl (C=O) groups excluding carboxylic acids is 1. The predicted molar refractivity (Wildman–Crippen MR) is 75.9 cm³/mol. The van der Waals surface area contributed by atoms with Crippen LogP contribution in [0.25, 0.3) is 0 Å². The lowest BCUT2D eigenvalue weighted by molar-refractivity contribution is -0.384. The Hall–Kier alpha value is -1.66. The number of carbonyl (C=O) groups is 1. The Balaban J connectivity index is 2.69. The van der Waals surface area contributed by atoms with Crippen LogP contribution < -0.4 is 5.32 Å². The fourth-order valence-corrected chi connectivity index (χ4v) is 1.82. The molecule has 2 atom stereocenters. The van der Waals surface area contributed by atoms with Crippen LogP contribution >= 0.6 is 11.6 Å². The monoisotopic (exact) mass is 300 g/mol. The largest absolute Gasteiger partial charge is 0.391 e. The van der Waals surface area contributed by atoms with E-state index in [4.69, 9.17) is 11.6 Å². The van der Waals surface area contributed by atoms with Gasteiger partial charge in [-0.05, 0) is 18.1 Å². The van der Waals surface area contributed by atoms with E-state index in [2.05, 4.69) is 5.32 Å². The van der Waals surface area contributed by atoms with Crippen molar-refractivity contribution in [3.05, 3.63) is 38.9 Å². The Kier molecular flexibility index (Phi) is 5.91. The molecule has 2 N–H and O–H groups in total. The van der Waals surface area contributed by atoms with Crippen molar-refractivity contribution in [2.45, 2.75) is 26.4 Å². The number of benzene rings is 1. The highest BCUT2D eigenvalue weighted by molar-refractivity contribution is 6.33. The van der Waals surface area contributed by atoms with E-state index in [0.29, 0.717) is 0 Å². The van der Waals surface area contributed by atoms with Crippen LogP contribution in [-0.4, -0.2) is 28.6 Å². The molecule has 1 aromatic rings. The summed E-state index contributed by atoms with van der Waals surface area (Å²) in [6, 6.07) is 3.75. The summed E-state index contributed by atoms with van der Waals surface area (Å²) < 4.78 is 0. The second kappa shape index (κ2) is 7.21. The molecule has 1 rings (SSSR count). The summed E-state index contributed by atoms with van der Waals surface area (Å²) >= 11 is 5.73. The van der Waals surface area contributed by atoms with E-state index >= 15 is 0 Å². The average molecular weight is 301 g/mol. The van der Waals surface area contributed by atoms with Gasteiger partial charge in [-0.1, -0.05) is 31.9 Å². The molecule has 0 aliphatic carbocycles. The number of nitro groups is 1. The van der Waals surface area contributed by atoms with Crippen LogP contribution in [0.1, 0.15) is 30.6 Å². The topological polar surface area (TPSA) is 92.5 Å². The number of nitro benzene ring substituents is 1.